The third kappa shape index (κ3) is 28.2. The van der Waals surface area contributed by atoms with Crippen LogP contribution in [-0.4, -0.2) is 74.1 Å². The van der Waals surface area contributed by atoms with Crippen LogP contribution in [0.1, 0.15) is 71.1 Å². The molecule has 0 saturated heterocycles. The number of ether oxygens (including phenoxy) is 4. The molecule has 0 fully saturated rings. The van der Waals surface area contributed by atoms with Crippen molar-refractivity contribution >= 4 is 15.6 Å². The van der Waals surface area contributed by atoms with Gasteiger partial charge in [0.25, 0.3) is 0 Å². The van der Waals surface area contributed by atoms with Gasteiger partial charge in [-0.1, -0.05) is 64.7 Å². The molecule has 0 rings (SSSR count). The van der Waals surface area contributed by atoms with E-state index in [-0.39, 0.29) is 19.8 Å². The second-order valence-electron chi connectivity index (χ2n) is 7.51. The van der Waals surface area contributed by atoms with E-state index in [1.54, 1.807) is 0 Å². The van der Waals surface area contributed by atoms with E-state index < -0.39 is 15.6 Å². The van der Waals surface area contributed by atoms with Gasteiger partial charge in [0.2, 0.25) is 0 Å². The molecule has 0 aromatic rings. The van der Waals surface area contributed by atoms with Crippen LogP contribution in [0.4, 0.5) is 0 Å². The molecule has 0 saturated carbocycles. The Kier molecular flexibility index (Phi) is 22.6. The Morgan fingerprint density at radius 1 is 0.515 bits per heavy atom. The molecule has 0 spiro atoms. The van der Waals surface area contributed by atoms with Crippen molar-refractivity contribution in [2.45, 2.75) is 71.1 Å². The molecule has 13 heteroatoms. The molecule has 0 heterocycles. The minimum atomic E-state index is -5.10. The molecule has 0 aliphatic rings. The second-order valence-corrected chi connectivity index (χ2v) is 10.3. The van der Waals surface area contributed by atoms with Gasteiger partial charge in [0.1, 0.15) is 0 Å². The van der Waals surface area contributed by atoms with Crippen molar-refractivity contribution in [3.63, 3.8) is 0 Å². The van der Waals surface area contributed by atoms with Gasteiger partial charge < -0.3 is 33.6 Å². The Balaban J connectivity index is 3.19. The summed E-state index contributed by atoms with van der Waals surface area (Å²) in [5.41, 5.74) is 0. The summed E-state index contributed by atoms with van der Waals surface area (Å²) in [6.07, 6.45) is 13.1. The standard InChI is InChI=1S/C20H44O11P2/c1-2-3-4-5-6-7-8-9-10-11-12-26-13-14-27-15-16-28-17-18-29-19-20-30-33(24,25)31-32(21,22)23/h2-20H2,1H3,(H,24,25)(H2,21,22,23). The summed E-state index contributed by atoms with van der Waals surface area (Å²) >= 11 is 0. The third-order valence-corrected chi connectivity index (χ3v) is 6.64. The maximum atomic E-state index is 11.2. The first kappa shape index (κ1) is 33.1. The fraction of sp³-hybridized carbons (Fsp3) is 1.00. The van der Waals surface area contributed by atoms with E-state index in [1.807, 2.05) is 0 Å². The normalized spacial score (nSPS) is 13.9. The highest BCUT2D eigenvalue weighted by Crippen LogP contribution is 2.57. The van der Waals surface area contributed by atoms with E-state index >= 15 is 0 Å². The van der Waals surface area contributed by atoms with Gasteiger partial charge in [0.15, 0.2) is 0 Å². The van der Waals surface area contributed by atoms with Crippen molar-refractivity contribution < 1.29 is 51.6 Å². The van der Waals surface area contributed by atoms with Crippen molar-refractivity contribution in [3.8, 4) is 0 Å². The van der Waals surface area contributed by atoms with Crippen molar-refractivity contribution in [2.75, 3.05) is 59.5 Å². The lowest BCUT2D eigenvalue weighted by Gasteiger charge is -2.12. The van der Waals surface area contributed by atoms with Gasteiger partial charge in [-0.15, -0.1) is 0 Å². The summed E-state index contributed by atoms with van der Waals surface area (Å²) in [6.45, 7) is 5.05. The zero-order valence-corrected chi connectivity index (χ0v) is 21.7. The fourth-order valence-electron chi connectivity index (χ4n) is 2.82. The average molecular weight is 523 g/mol. The Morgan fingerprint density at radius 2 is 0.879 bits per heavy atom. The summed E-state index contributed by atoms with van der Waals surface area (Å²) in [5.74, 6) is 0. The Hall–Kier alpha value is 0.1000. The highest BCUT2D eigenvalue weighted by molar-refractivity contribution is 7.60. The van der Waals surface area contributed by atoms with Crippen molar-refractivity contribution in [3.05, 3.63) is 0 Å². The van der Waals surface area contributed by atoms with Gasteiger partial charge in [-0.2, -0.15) is 4.31 Å². The van der Waals surface area contributed by atoms with Gasteiger partial charge >= 0.3 is 15.6 Å². The molecule has 11 nitrogen and oxygen atoms in total. The Bertz CT molecular complexity index is 516. The molecule has 200 valence electrons. The molecular weight excluding hydrogens is 478 g/mol. The van der Waals surface area contributed by atoms with Gasteiger partial charge in [0.05, 0.1) is 52.9 Å². The van der Waals surface area contributed by atoms with E-state index in [0.29, 0.717) is 33.0 Å². The predicted octanol–water partition coefficient (Wildman–Crippen LogP) is 4.20. The van der Waals surface area contributed by atoms with E-state index in [1.165, 1.54) is 57.8 Å². The number of hydrogen-bond acceptors (Lipinski definition) is 8. The van der Waals surface area contributed by atoms with Crippen LogP contribution in [0, 0.1) is 0 Å². The zero-order chi connectivity index (χ0) is 24.7. The number of unbranched alkanes of at least 4 members (excludes halogenated alkanes) is 9. The maximum absolute atomic E-state index is 11.2. The number of rotatable bonds is 26. The Morgan fingerprint density at radius 3 is 1.30 bits per heavy atom. The maximum Gasteiger partial charge on any atom is 0.481 e. The highest BCUT2D eigenvalue weighted by Gasteiger charge is 2.32. The van der Waals surface area contributed by atoms with Crippen LogP contribution in [0.25, 0.3) is 0 Å². The fourth-order valence-corrected chi connectivity index (χ4v) is 4.39. The first-order chi connectivity index (χ1) is 15.8. The molecule has 1 unspecified atom stereocenters. The van der Waals surface area contributed by atoms with E-state index in [9.17, 15) is 9.13 Å². The molecule has 0 aromatic carbocycles. The molecule has 0 bridgehead atoms. The van der Waals surface area contributed by atoms with Crippen LogP contribution >= 0.6 is 15.6 Å². The minimum Gasteiger partial charge on any atom is -0.379 e. The van der Waals surface area contributed by atoms with E-state index in [0.717, 1.165) is 13.0 Å². The largest absolute Gasteiger partial charge is 0.481 e. The molecular formula is C20H44O11P2. The third-order valence-electron chi connectivity index (χ3n) is 4.45. The Labute approximate surface area is 198 Å². The molecule has 33 heavy (non-hydrogen) atoms. The van der Waals surface area contributed by atoms with Crippen LogP contribution in [0.5, 0.6) is 0 Å². The summed E-state index contributed by atoms with van der Waals surface area (Å²) in [7, 11) is -9.92. The summed E-state index contributed by atoms with van der Waals surface area (Å²) < 4.78 is 51.0. The molecule has 0 aliphatic heterocycles. The van der Waals surface area contributed by atoms with Crippen molar-refractivity contribution in [2.24, 2.45) is 0 Å². The lowest BCUT2D eigenvalue weighted by atomic mass is 10.1. The number of phosphoric ester groups is 1. The van der Waals surface area contributed by atoms with Gasteiger partial charge in [0, 0.05) is 6.61 Å². The van der Waals surface area contributed by atoms with Gasteiger partial charge in [-0.25, -0.2) is 9.13 Å². The predicted molar refractivity (Wildman–Crippen MR) is 124 cm³/mol. The van der Waals surface area contributed by atoms with Crippen LogP contribution < -0.4 is 0 Å². The van der Waals surface area contributed by atoms with Crippen molar-refractivity contribution in [1.29, 1.82) is 0 Å². The zero-order valence-electron chi connectivity index (χ0n) is 19.9. The van der Waals surface area contributed by atoms with Crippen LogP contribution in [-0.2, 0) is 36.9 Å². The summed E-state index contributed by atoms with van der Waals surface area (Å²) in [4.78, 5) is 25.9. The molecule has 3 N–H and O–H groups in total. The SMILES string of the molecule is CCCCCCCCCCCCOCCOCCOCCOCCOP(=O)(O)OP(=O)(O)O. The van der Waals surface area contributed by atoms with Gasteiger partial charge in [-0.05, 0) is 6.42 Å². The summed E-state index contributed by atoms with van der Waals surface area (Å²) in [5, 5.41) is 0. The lowest BCUT2D eigenvalue weighted by Crippen LogP contribution is -2.13. The smallest absolute Gasteiger partial charge is 0.379 e. The van der Waals surface area contributed by atoms with E-state index in [2.05, 4.69) is 15.8 Å². The molecule has 0 aliphatic carbocycles. The summed E-state index contributed by atoms with van der Waals surface area (Å²) in [6, 6.07) is 0. The average Bonchev–Trinajstić information content (AvgIpc) is 2.72. The highest BCUT2D eigenvalue weighted by atomic mass is 31.3. The lowest BCUT2D eigenvalue weighted by molar-refractivity contribution is -0.00578. The first-order valence-corrected chi connectivity index (χ1v) is 14.8. The van der Waals surface area contributed by atoms with Crippen LogP contribution in [0.2, 0.25) is 0 Å². The quantitative estimate of drug-likeness (QED) is 0.111. The van der Waals surface area contributed by atoms with Gasteiger partial charge in [-0.3, -0.25) is 4.52 Å². The second kappa shape index (κ2) is 22.6. The minimum absolute atomic E-state index is 0.0642. The van der Waals surface area contributed by atoms with E-state index in [4.69, 9.17) is 33.6 Å². The topological polar surface area (TPSA) is 150 Å². The number of phosphoric acid groups is 2. The molecule has 1 atom stereocenters. The van der Waals surface area contributed by atoms with Crippen molar-refractivity contribution in [1.82, 2.24) is 0 Å². The first-order valence-electron chi connectivity index (χ1n) is 11.8. The molecule has 0 radical (unpaired) electrons. The molecule has 0 aromatic heterocycles. The van der Waals surface area contributed by atoms with Crippen LogP contribution in [0.15, 0.2) is 0 Å². The molecule has 0 amide bonds. The monoisotopic (exact) mass is 522 g/mol. The number of hydrogen-bond donors (Lipinski definition) is 3. The van der Waals surface area contributed by atoms with Crippen LogP contribution in [0.3, 0.4) is 0 Å².